The van der Waals surface area contributed by atoms with E-state index in [4.69, 9.17) is 14.5 Å². The molecule has 1 aliphatic rings. The zero-order chi connectivity index (χ0) is 19.7. The molecule has 28 heavy (non-hydrogen) atoms. The summed E-state index contributed by atoms with van der Waals surface area (Å²) in [6.45, 7) is 6.62. The van der Waals surface area contributed by atoms with E-state index in [0.717, 1.165) is 41.0 Å². The van der Waals surface area contributed by atoms with Gasteiger partial charge in [-0.1, -0.05) is 30.3 Å². The molecule has 6 heteroatoms. The third kappa shape index (κ3) is 3.24. The Balaban J connectivity index is 1.78. The summed E-state index contributed by atoms with van der Waals surface area (Å²) in [5.74, 6) is 0.555. The number of benzene rings is 1. The highest BCUT2D eigenvalue weighted by Crippen LogP contribution is 2.39. The highest BCUT2D eigenvalue weighted by Gasteiger charge is 2.29. The van der Waals surface area contributed by atoms with Crippen molar-refractivity contribution >= 4 is 11.6 Å². The fraction of sp³-hybridized carbons (Fsp3) is 0.364. The molecule has 3 heterocycles. The van der Waals surface area contributed by atoms with Crippen LogP contribution >= 0.6 is 0 Å². The lowest BCUT2D eigenvalue weighted by Crippen LogP contribution is -2.29. The number of imidazole rings is 1. The Bertz CT molecular complexity index is 1010. The molecular formula is C22H25N3O3. The third-order valence-electron chi connectivity index (χ3n) is 5.32. The monoisotopic (exact) mass is 379 g/mol. The molecule has 1 aliphatic heterocycles. The maximum atomic E-state index is 12.8. The molecule has 1 aromatic carbocycles. The molecule has 0 bridgehead atoms. The van der Waals surface area contributed by atoms with Crippen molar-refractivity contribution in [1.82, 2.24) is 14.7 Å². The minimum Gasteiger partial charge on any atom is -0.481 e. The SMILES string of the molecule is CCOCNC(=O)c1cn2c(C)c(C)nc2c2c1CCC(c1ccccc1)O2. The Morgan fingerprint density at radius 3 is 2.86 bits per heavy atom. The van der Waals surface area contributed by atoms with Crippen LogP contribution in [0.5, 0.6) is 5.75 Å². The number of amides is 1. The number of rotatable bonds is 5. The minimum atomic E-state index is -0.154. The Labute approximate surface area is 164 Å². The lowest BCUT2D eigenvalue weighted by molar-refractivity contribution is 0.0813. The Hall–Kier alpha value is -2.86. The van der Waals surface area contributed by atoms with Gasteiger partial charge in [-0.25, -0.2) is 4.98 Å². The van der Waals surface area contributed by atoms with Crippen LogP contribution in [-0.2, 0) is 11.2 Å². The van der Waals surface area contributed by atoms with Gasteiger partial charge in [0.2, 0.25) is 0 Å². The molecule has 0 spiro atoms. The van der Waals surface area contributed by atoms with Crippen molar-refractivity contribution < 1.29 is 14.3 Å². The number of carbonyl (C=O) groups is 1. The third-order valence-corrected chi connectivity index (χ3v) is 5.32. The van der Waals surface area contributed by atoms with E-state index in [9.17, 15) is 4.79 Å². The summed E-state index contributed by atoms with van der Waals surface area (Å²) < 4.78 is 13.7. The van der Waals surface area contributed by atoms with Crippen molar-refractivity contribution in [1.29, 1.82) is 0 Å². The van der Waals surface area contributed by atoms with Gasteiger partial charge in [0.25, 0.3) is 5.91 Å². The lowest BCUT2D eigenvalue weighted by atomic mass is 9.95. The minimum absolute atomic E-state index is 0.0449. The van der Waals surface area contributed by atoms with Gasteiger partial charge in [-0.3, -0.25) is 4.79 Å². The molecule has 0 radical (unpaired) electrons. The van der Waals surface area contributed by atoms with Crippen LogP contribution in [0.1, 0.15) is 52.3 Å². The van der Waals surface area contributed by atoms with E-state index in [1.165, 1.54) is 0 Å². The maximum absolute atomic E-state index is 12.8. The first-order chi connectivity index (χ1) is 13.6. The molecule has 1 N–H and O–H groups in total. The van der Waals surface area contributed by atoms with E-state index in [1.54, 1.807) is 0 Å². The summed E-state index contributed by atoms with van der Waals surface area (Å²) in [6, 6.07) is 10.2. The number of hydrogen-bond donors (Lipinski definition) is 1. The highest BCUT2D eigenvalue weighted by atomic mass is 16.5. The number of fused-ring (bicyclic) bond motifs is 3. The lowest BCUT2D eigenvalue weighted by Gasteiger charge is -2.28. The molecule has 1 atom stereocenters. The number of aromatic nitrogens is 2. The summed E-state index contributed by atoms with van der Waals surface area (Å²) in [4.78, 5) is 17.5. The van der Waals surface area contributed by atoms with E-state index < -0.39 is 0 Å². The van der Waals surface area contributed by atoms with E-state index >= 15 is 0 Å². The maximum Gasteiger partial charge on any atom is 0.254 e. The average Bonchev–Trinajstić information content (AvgIpc) is 3.02. The van der Waals surface area contributed by atoms with Gasteiger partial charge in [0.05, 0.1) is 11.3 Å². The van der Waals surface area contributed by atoms with Crippen LogP contribution in [0.3, 0.4) is 0 Å². The molecule has 0 fully saturated rings. The number of aryl methyl sites for hydroxylation is 2. The van der Waals surface area contributed by atoms with E-state index in [1.807, 2.05) is 49.6 Å². The molecule has 0 aliphatic carbocycles. The molecular weight excluding hydrogens is 354 g/mol. The molecule has 146 valence electrons. The van der Waals surface area contributed by atoms with Crippen LogP contribution < -0.4 is 10.1 Å². The largest absolute Gasteiger partial charge is 0.481 e. The molecule has 0 saturated carbocycles. The van der Waals surface area contributed by atoms with Crippen molar-refractivity contribution in [3.05, 3.63) is 64.6 Å². The number of pyridine rings is 1. The van der Waals surface area contributed by atoms with Crippen molar-refractivity contribution in [2.24, 2.45) is 0 Å². The van der Waals surface area contributed by atoms with Gasteiger partial charge < -0.3 is 19.2 Å². The van der Waals surface area contributed by atoms with Gasteiger partial charge in [0, 0.05) is 24.1 Å². The quantitative estimate of drug-likeness (QED) is 0.542. The smallest absolute Gasteiger partial charge is 0.254 e. The first kappa shape index (κ1) is 18.5. The van der Waals surface area contributed by atoms with Crippen molar-refractivity contribution in [3.63, 3.8) is 0 Å². The zero-order valence-corrected chi connectivity index (χ0v) is 16.5. The normalized spacial score (nSPS) is 15.9. The van der Waals surface area contributed by atoms with E-state index in [0.29, 0.717) is 17.9 Å². The van der Waals surface area contributed by atoms with Crippen LogP contribution in [0.15, 0.2) is 36.5 Å². The van der Waals surface area contributed by atoms with Gasteiger partial charge in [-0.2, -0.15) is 0 Å². The molecule has 2 aromatic heterocycles. The number of carbonyl (C=O) groups excluding carboxylic acids is 1. The van der Waals surface area contributed by atoms with E-state index in [-0.39, 0.29) is 18.7 Å². The average molecular weight is 379 g/mol. The fourth-order valence-corrected chi connectivity index (χ4v) is 3.67. The second kappa shape index (κ2) is 7.64. The van der Waals surface area contributed by atoms with Gasteiger partial charge in [-0.15, -0.1) is 0 Å². The molecule has 4 rings (SSSR count). The van der Waals surface area contributed by atoms with Crippen molar-refractivity contribution in [2.45, 2.75) is 39.7 Å². The number of nitrogens with one attached hydrogen (secondary N) is 1. The van der Waals surface area contributed by atoms with Gasteiger partial charge >= 0.3 is 0 Å². The first-order valence-electron chi connectivity index (χ1n) is 9.68. The number of nitrogens with zero attached hydrogens (tertiary/aromatic N) is 2. The van der Waals surface area contributed by atoms with Crippen LogP contribution in [0.4, 0.5) is 0 Å². The Kier molecular flexibility index (Phi) is 5.05. The van der Waals surface area contributed by atoms with Crippen LogP contribution in [0.2, 0.25) is 0 Å². The summed E-state index contributed by atoms with van der Waals surface area (Å²) in [6.07, 6.45) is 3.40. The summed E-state index contributed by atoms with van der Waals surface area (Å²) in [7, 11) is 0. The van der Waals surface area contributed by atoms with Crippen LogP contribution in [-0.4, -0.2) is 28.6 Å². The molecule has 1 amide bonds. The predicted octanol–water partition coefficient (Wildman–Crippen LogP) is 3.74. The molecule has 6 nitrogen and oxygen atoms in total. The van der Waals surface area contributed by atoms with Crippen molar-refractivity contribution in [3.8, 4) is 5.75 Å². The zero-order valence-electron chi connectivity index (χ0n) is 16.5. The highest BCUT2D eigenvalue weighted by molar-refractivity contribution is 5.97. The summed E-state index contributed by atoms with van der Waals surface area (Å²) >= 11 is 0. The number of hydrogen-bond acceptors (Lipinski definition) is 4. The number of ether oxygens (including phenoxy) is 2. The van der Waals surface area contributed by atoms with Gasteiger partial charge in [0.1, 0.15) is 12.8 Å². The van der Waals surface area contributed by atoms with Gasteiger partial charge in [0.15, 0.2) is 11.4 Å². The summed E-state index contributed by atoms with van der Waals surface area (Å²) in [5, 5.41) is 2.83. The molecule has 0 saturated heterocycles. The second-order valence-corrected chi connectivity index (χ2v) is 7.03. The fourth-order valence-electron chi connectivity index (χ4n) is 3.67. The Morgan fingerprint density at radius 2 is 2.11 bits per heavy atom. The predicted molar refractivity (Wildman–Crippen MR) is 107 cm³/mol. The molecule has 3 aromatic rings. The first-order valence-corrected chi connectivity index (χ1v) is 9.68. The summed E-state index contributed by atoms with van der Waals surface area (Å²) in [5.41, 5.74) is 5.37. The standard InChI is InChI=1S/C22H25N3O3/c1-4-27-13-23-22(26)18-12-25-15(3)14(2)24-21(25)20-17(18)10-11-19(28-20)16-8-6-5-7-9-16/h5-9,12,19H,4,10-11,13H2,1-3H3,(H,23,26). The second-order valence-electron chi connectivity index (χ2n) is 7.03. The van der Waals surface area contributed by atoms with Crippen molar-refractivity contribution in [2.75, 3.05) is 13.3 Å². The van der Waals surface area contributed by atoms with Crippen LogP contribution in [0, 0.1) is 13.8 Å². The molecule has 1 unspecified atom stereocenters. The van der Waals surface area contributed by atoms with Crippen LogP contribution in [0.25, 0.3) is 5.65 Å². The topological polar surface area (TPSA) is 64.9 Å². The van der Waals surface area contributed by atoms with E-state index in [2.05, 4.69) is 17.4 Å². The van der Waals surface area contributed by atoms with Gasteiger partial charge in [-0.05, 0) is 39.2 Å². The Morgan fingerprint density at radius 1 is 1.32 bits per heavy atom.